The fraction of sp³-hybridized carbons (Fsp3) is 0.538. The molecule has 0 unspecified atom stereocenters. The van der Waals surface area contributed by atoms with E-state index in [9.17, 15) is 0 Å². The van der Waals surface area contributed by atoms with Gasteiger partial charge in [0.1, 0.15) is 0 Å². The molecule has 0 radical (unpaired) electrons. The van der Waals surface area contributed by atoms with Crippen LogP contribution in [0.4, 0.5) is 17.8 Å². The van der Waals surface area contributed by atoms with E-state index in [0.29, 0.717) is 24.4 Å². The standard InChI is InChI=1S/C13H21N7O/c1-4-14-11-17-12(15-9-10-7-8-16-21-10)19-13(18-11)20(5-2)6-3/h7-8H,4-6,9H2,1-3H3,(H2,14,15,17,18,19). The molecule has 0 amide bonds. The monoisotopic (exact) mass is 291 g/mol. The van der Waals surface area contributed by atoms with Gasteiger partial charge in [-0.25, -0.2) is 0 Å². The fourth-order valence-corrected chi connectivity index (χ4v) is 1.83. The molecule has 0 aliphatic carbocycles. The van der Waals surface area contributed by atoms with Crippen molar-refractivity contribution < 1.29 is 4.52 Å². The number of aromatic nitrogens is 4. The first-order chi connectivity index (χ1) is 10.3. The molecule has 0 fully saturated rings. The van der Waals surface area contributed by atoms with E-state index in [-0.39, 0.29) is 0 Å². The lowest BCUT2D eigenvalue weighted by Gasteiger charge is -2.19. The zero-order chi connectivity index (χ0) is 15.1. The molecule has 0 aliphatic rings. The summed E-state index contributed by atoms with van der Waals surface area (Å²) in [5, 5.41) is 9.91. The number of anilines is 3. The van der Waals surface area contributed by atoms with Crippen molar-refractivity contribution in [3.63, 3.8) is 0 Å². The average Bonchev–Trinajstić information content (AvgIpc) is 3.00. The largest absolute Gasteiger partial charge is 0.360 e. The molecule has 2 heterocycles. The number of nitrogens with one attached hydrogen (secondary N) is 2. The van der Waals surface area contributed by atoms with Crippen LogP contribution in [0.3, 0.4) is 0 Å². The van der Waals surface area contributed by atoms with Crippen LogP contribution in [0, 0.1) is 0 Å². The summed E-state index contributed by atoms with van der Waals surface area (Å²) in [6.45, 7) is 9.06. The van der Waals surface area contributed by atoms with E-state index in [1.165, 1.54) is 0 Å². The second-order valence-electron chi connectivity index (χ2n) is 4.32. The Morgan fingerprint density at radius 1 is 1.05 bits per heavy atom. The summed E-state index contributed by atoms with van der Waals surface area (Å²) in [5.41, 5.74) is 0. The van der Waals surface area contributed by atoms with E-state index in [2.05, 4.69) is 49.5 Å². The Hall–Kier alpha value is -2.38. The third kappa shape index (κ3) is 4.04. The number of rotatable bonds is 8. The van der Waals surface area contributed by atoms with Gasteiger partial charge in [0, 0.05) is 25.7 Å². The number of nitrogens with zero attached hydrogens (tertiary/aromatic N) is 5. The summed E-state index contributed by atoms with van der Waals surface area (Å²) in [6, 6.07) is 1.80. The second kappa shape index (κ2) is 7.41. The highest BCUT2D eigenvalue weighted by atomic mass is 16.5. The zero-order valence-corrected chi connectivity index (χ0v) is 12.6. The van der Waals surface area contributed by atoms with Gasteiger partial charge >= 0.3 is 0 Å². The average molecular weight is 291 g/mol. The van der Waals surface area contributed by atoms with E-state index < -0.39 is 0 Å². The van der Waals surface area contributed by atoms with Gasteiger partial charge < -0.3 is 20.1 Å². The van der Waals surface area contributed by atoms with Crippen molar-refractivity contribution in [3.8, 4) is 0 Å². The van der Waals surface area contributed by atoms with Gasteiger partial charge in [-0.15, -0.1) is 0 Å². The Kier molecular flexibility index (Phi) is 5.30. The van der Waals surface area contributed by atoms with E-state index >= 15 is 0 Å². The van der Waals surface area contributed by atoms with E-state index in [4.69, 9.17) is 4.52 Å². The number of hydrogen-bond acceptors (Lipinski definition) is 8. The molecule has 114 valence electrons. The first-order valence-corrected chi connectivity index (χ1v) is 7.15. The Morgan fingerprint density at radius 3 is 2.33 bits per heavy atom. The van der Waals surface area contributed by atoms with Gasteiger partial charge in [-0.2, -0.15) is 15.0 Å². The summed E-state index contributed by atoms with van der Waals surface area (Å²) in [6.07, 6.45) is 1.61. The van der Waals surface area contributed by atoms with E-state index in [1.807, 2.05) is 6.92 Å². The van der Waals surface area contributed by atoms with Crippen LogP contribution in [0.25, 0.3) is 0 Å². The van der Waals surface area contributed by atoms with Gasteiger partial charge in [0.25, 0.3) is 0 Å². The molecule has 0 atom stereocenters. The molecule has 0 aliphatic heterocycles. The summed E-state index contributed by atoms with van der Waals surface area (Å²) < 4.78 is 5.04. The van der Waals surface area contributed by atoms with Crippen LogP contribution >= 0.6 is 0 Å². The van der Waals surface area contributed by atoms with Crippen molar-refractivity contribution in [3.05, 3.63) is 18.0 Å². The Morgan fingerprint density at radius 2 is 1.76 bits per heavy atom. The smallest absolute Gasteiger partial charge is 0.231 e. The van der Waals surface area contributed by atoms with Crippen molar-refractivity contribution in [1.29, 1.82) is 0 Å². The maximum absolute atomic E-state index is 5.04. The third-order valence-corrected chi connectivity index (χ3v) is 2.92. The van der Waals surface area contributed by atoms with Crippen LogP contribution in [0.2, 0.25) is 0 Å². The van der Waals surface area contributed by atoms with Crippen molar-refractivity contribution in [2.75, 3.05) is 35.2 Å². The van der Waals surface area contributed by atoms with Gasteiger partial charge in [-0.3, -0.25) is 0 Å². The van der Waals surface area contributed by atoms with Gasteiger partial charge in [0.05, 0.1) is 12.7 Å². The fourth-order valence-electron chi connectivity index (χ4n) is 1.83. The molecular formula is C13H21N7O. The summed E-state index contributed by atoms with van der Waals surface area (Å²) in [4.78, 5) is 15.3. The lowest BCUT2D eigenvalue weighted by Crippen LogP contribution is -2.25. The molecule has 21 heavy (non-hydrogen) atoms. The second-order valence-corrected chi connectivity index (χ2v) is 4.32. The van der Waals surface area contributed by atoms with Crippen LogP contribution < -0.4 is 15.5 Å². The van der Waals surface area contributed by atoms with Crippen molar-refractivity contribution >= 4 is 17.8 Å². The number of hydrogen-bond donors (Lipinski definition) is 2. The maximum atomic E-state index is 5.04. The molecular weight excluding hydrogens is 270 g/mol. The Balaban J connectivity index is 2.18. The van der Waals surface area contributed by atoms with Crippen molar-refractivity contribution in [1.82, 2.24) is 20.1 Å². The summed E-state index contributed by atoms with van der Waals surface area (Å²) in [5.74, 6) is 2.46. The minimum absolute atomic E-state index is 0.479. The molecule has 8 heteroatoms. The highest BCUT2D eigenvalue weighted by molar-refractivity contribution is 5.43. The third-order valence-electron chi connectivity index (χ3n) is 2.92. The Labute approximate surface area is 124 Å². The zero-order valence-electron chi connectivity index (χ0n) is 12.6. The van der Waals surface area contributed by atoms with E-state index in [0.717, 1.165) is 25.4 Å². The molecule has 0 saturated carbocycles. The van der Waals surface area contributed by atoms with Gasteiger partial charge in [0.15, 0.2) is 5.76 Å². The lowest BCUT2D eigenvalue weighted by atomic mass is 10.4. The molecule has 8 nitrogen and oxygen atoms in total. The van der Waals surface area contributed by atoms with Crippen molar-refractivity contribution in [2.45, 2.75) is 27.3 Å². The van der Waals surface area contributed by atoms with Crippen molar-refractivity contribution in [2.24, 2.45) is 0 Å². The normalized spacial score (nSPS) is 10.4. The van der Waals surface area contributed by atoms with Gasteiger partial charge in [-0.05, 0) is 20.8 Å². The topological polar surface area (TPSA) is 92.0 Å². The summed E-state index contributed by atoms with van der Waals surface area (Å²) >= 11 is 0. The van der Waals surface area contributed by atoms with Gasteiger partial charge in [0.2, 0.25) is 17.8 Å². The molecule has 0 saturated heterocycles. The molecule has 0 aromatic carbocycles. The maximum Gasteiger partial charge on any atom is 0.231 e. The molecule has 2 aromatic heterocycles. The van der Waals surface area contributed by atoms with E-state index in [1.54, 1.807) is 12.3 Å². The molecule has 0 spiro atoms. The quantitative estimate of drug-likeness (QED) is 0.760. The first kappa shape index (κ1) is 15.0. The molecule has 0 bridgehead atoms. The minimum atomic E-state index is 0.479. The van der Waals surface area contributed by atoms with Crippen LogP contribution in [0.15, 0.2) is 16.8 Å². The Bertz CT molecular complexity index is 539. The first-order valence-electron chi connectivity index (χ1n) is 7.15. The van der Waals surface area contributed by atoms with Crippen LogP contribution in [-0.4, -0.2) is 39.7 Å². The predicted molar refractivity (Wildman–Crippen MR) is 81.4 cm³/mol. The highest BCUT2D eigenvalue weighted by Crippen LogP contribution is 2.14. The SMILES string of the molecule is CCNc1nc(NCc2ccno2)nc(N(CC)CC)n1. The molecule has 2 rings (SSSR count). The summed E-state index contributed by atoms with van der Waals surface area (Å²) in [7, 11) is 0. The predicted octanol–water partition coefficient (Wildman–Crippen LogP) is 1.75. The molecule has 2 N–H and O–H groups in total. The van der Waals surface area contributed by atoms with Gasteiger partial charge in [-0.1, -0.05) is 5.16 Å². The van der Waals surface area contributed by atoms with Crippen LogP contribution in [0.1, 0.15) is 26.5 Å². The van der Waals surface area contributed by atoms with Crippen LogP contribution in [0.5, 0.6) is 0 Å². The molecule has 2 aromatic rings. The van der Waals surface area contributed by atoms with Crippen LogP contribution in [-0.2, 0) is 6.54 Å². The lowest BCUT2D eigenvalue weighted by molar-refractivity contribution is 0.388. The minimum Gasteiger partial charge on any atom is -0.360 e. The highest BCUT2D eigenvalue weighted by Gasteiger charge is 2.11.